The van der Waals surface area contributed by atoms with Gasteiger partial charge in [0.25, 0.3) is 0 Å². The molecule has 5 nitrogen and oxygen atoms in total. The second-order valence-electron chi connectivity index (χ2n) is 4.45. The van der Waals surface area contributed by atoms with Crippen LogP contribution in [-0.4, -0.2) is 34.5 Å². The van der Waals surface area contributed by atoms with Gasteiger partial charge in [0, 0.05) is 13.5 Å². The van der Waals surface area contributed by atoms with Gasteiger partial charge in [-0.05, 0) is 31.9 Å². The SMILES string of the molecule is CN(C(=O)CCc1ccoc1)C(C)(C)C(=O)O. The maximum Gasteiger partial charge on any atom is 0.329 e. The molecule has 1 amide bonds. The van der Waals surface area contributed by atoms with Crippen LogP contribution in [0.1, 0.15) is 25.8 Å². The van der Waals surface area contributed by atoms with E-state index in [-0.39, 0.29) is 12.3 Å². The lowest BCUT2D eigenvalue weighted by Crippen LogP contribution is -2.50. The third kappa shape index (κ3) is 3.09. The third-order valence-corrected chi connectivity index (χ3v) is 2.94. The number of furan rings is 1. The van der Waals surface area contributed by atoms with Crippen molar-refractivity contribution >= 4 is 11.9 Å². The van der Waals surface area contributed by atoms with Crippen LogP contribution >= 0.6 is 0 Å². The number of nitrogens with zero attached hydrogens (tertiary/aromatic N) is 1. The van der Waals surface area contributed by atoms with E-state index in [1.807, 2.05) is 0 Å². The summed E-state index contributed by atoms with van der Waals surface area (Å²) < 4.78 is 4.89. The van der Waals surface area contributed by atoms with Crippen LogP contribution in [0.25, 0.3) is 0 Å². The van der Waals surface area contributed by atoms with Gasteiger partial charge in [0.1, 0.15) is 5.54 Å². The Kier molecular flexibility index (Phi) is 3.93. The van der Waals surface area contributed by atoms with Crippen molar-refractivity contribution in [2.75, 3.05) is 7.05 Å². The van der Waals surface area contributed by atoms with Crippen molar-refractivity contribution in [3.05, 3.63) is 24.2 Å². The Bertz CT molecular complexity index is 395. The summed E-state index contributed by atoms with van der Waals surface area (Å²) >= 11 is 0. The zero-order chi connectivity index (χ0) is 13.1. The summed E-state index contributed by atoms with van der Waals surface area (Å²) in [5, 5.41) is 9.00. The van der Waals surface area contributed by atoms with Crippen LogP contribution in [0.5, 0.6) is 0 Å². The second-order valence-corrected chi connectivity index (χ2v) is 4.45. The summed E-state index contributed by atoms with van der Waals surface area (Å²) in [6.45, 7) is 3.01. The lowest BCUT2D eigenvalue weighted by atomic mass is 10.0. The molecule has 1 heterocycles. The van der Waals surface area contributed by atoms with Crippen LogP contribution in [0.4, 0.5) is 0 Å². The molecule has 1 N–H and O–H groups in total. The Balaban J connectivity index is 2.56. The normalized spacial score (nSPS) is 11.2. The molecule has 0 fully saturated rings. The molecule has 0 unspecified atom stereocenters. The van der Waals surface area contributed by atoms with Gasteiger partial charge in [-0.25, -0.2) is 4.79 Å². The van der Waals surface area contributed by atoms with E-state index in [4.69, 9.17) is 9.52 Å². The van der Waals surface area contributed by atoms with Crippen molar-refractivity contribution in [1.29, 1.82) is 0 Å². The largest absolute Gasteiger partial charge is 0.480 e. The minimum atomic E-state index is -1.19. The Labute approximate surface area is 100 Å². The predicted octanol–water partition coefficient (Wildman–Crippen LogP) is 1.53. The van der Waals surface area contributed by atoms with E-state index in [1.165, 1.54) is 25.8 Å². The monoisotopic (exact) mass is 239 g/mol. The summed E-state index contributed by atoms with van der Waals surface area (Å²) in [7, 11) is 1.51. The fraction of sp³-hybridized carbons (Fsp3) is 0.500. The second kappa shape index (κ2) is 5.03. The molecule has 0 aromatic carbocycles. The van der Waals surface area contributed by atoms with Crippen LogP contribution in [0.2, 0.25) is 0 Å². The van der Waals surface area contributed by atoms with E-state index in [2.05, 4.69) is 0 Å². The van der Waals surface area contributed by atoms with E-state index < -0.39 is 11.5 Å². The average Bonchev–Trinajstić information content (AvgIpc) is 2.77. The molecule has 0 aliphatic carbocycles. The highest BCUT2D eigenvalue weighted by molar-refractivity contribution is 5.86. The average molecular weight is 239 g/mol. The molecule has 5 heteroatoms. The fourth-order valence-electron chi connectivity index (χ4n) is 1.31. The third-order valence-electron chi connectivity index (χ3n) is 2.94. The number of carbonyl (C=O) groups is 2. The number of carboxylic acid groups (broad SMARTS) is 1. The molecule has 0 aliphatic rings. The molecule has 1 aromatic rings. The molecule has 0 atom stereocenters. The fourth-order valence-corrected chi connectivity index (χ4v) is 1.31. The topological polar surface area (TPSA) is 70.8 Å². The van der Waals surface area contributed by atoms with Crippen molar-refractivity contribution in [2.24, 2.45) is 0 Å². The number of carboxylic acids is 1. The highest BCUT2D eigenvalue weighted by Crippen LogP contribution is 2.15. The van der Waals surface area contributed by atoms with Gasteiger partial charge in [-0.1, -0.05) is 0 Å². The predicted molar refractivity (Wildman–Crippen MR) is 61.5 cm³/mol. The molecule has 0 spiro atoms. The number of hydrogen-bond acceptors (Lipinski definition) is 3. The lowest BCUT2D eigenvalue weighted by Gasteiger charge is -2.31. The summed E-state index contributed by atoms with van der Waals surface area (Å²) in [5.74, 6) is -1.21. The molecule has 17 heavy (non-hydrogen) atoms. The minimum Gasteiger partial charge on any atom is -0.480 e. The Morgan fingerprint density at radius 1 is 1.47 bits per heavy atom. The molecule has 0 saturated heterocycles. The molecule has 1 aromatic heterocycles. The quantitative estimate of drug-likeness (QED) is 0.846. The summed E-state index contributed by atoms with van der Waals surface area (Å²) in [5.41, 5.74) is -0.257. The summed E-state index contributed by atoms with van der Waals surface area (Å²) in [6, 6.07) is 1.79. The number of aliphatic carboxylic acids is 1. The van der Waals surface area contributed by atoms with Gasteiger partial charge in [0.2, 0.25) is 5.91 Å². The zero-order valence-electron chi connectivity index (χ0n) is 10.3. The van der Waals surface area contributed by atoms with E-state index in [9.17, 15) is 9.59 Å². The van der Waals surface area contributed by atoms with Crippen molar-refractivity contribution < 1.29 is 19.1 Å². The first kappa shape index (κ1) is 13.3. The molecule has 0 saturated carbocycles. The lowest BCUT2D eigenvalue weighted by molar-refractivity contribution is -0.155. The minimum absolute atomic E-state index is 0.196. The maximum absolute atomic E-state index is 11.8. The number of carbonyl (C=O) groups excluding carboxylic acids is 1. The van der Waals surface area contributed by atoms with Crippen molar-refractivity contribution in [2.45, 2.75) is 32.2 Å². The Hall–Kier alpha value is -1.78. The first-order valence-corrected chi connectivity index (χ1v) is 5.37. The Morgan fingerprint density at radius 2 is 2.12 bits per heavy atom. The summed E-state index contributed by atoms with van der Waals surface area (Å²) in [4.78, 5) is 24.1. The Morgan fingerprint density at radius 3 is 2.59 bits per heavy atom. The molecule has 94 valence electrons. The highest BCUT2D eigenvalue weighted by Gasteiger charge is 2.34. The van der Waals surface area contributed by atoms with Gasteiger partial charge in [0.05, 0.1) is 12.5 Å². The van der Waals surface area contributed by atoms with Gasteiger partial charge in [0.15, 0.2) is 0 Å². The zero-order valence-corrected chi connectivity index (χ0v) is 10.3. The number of aryl methyl sites for hydroxylation is 1. The number of hydrogen-bond donors (Lipinski definition) is 1. The van der Waals surface area contributed by atoms with E-state index in [0.717, 1.165) is 5.56 Å². The van der Waals surface area contributed by atoms with Gasteiger partial charge in [-0.3, -0.25) is 4.79 Å². The number of rotatable bonds is 5. The van der Waals surface area contributed by atoms with Gasteiger partial charge < -0.3 is 14.4 Å². The first-order valence-electron chi connectivity index (χ1n) is 5.37. The van der Waals surface area contributed by atoms with Crippen molar-refractivity contribution in [3.63, 3.8) is 0 Å². The van der Waals surface area contributed by atoms with E-state index in [1.54, 1.807) is 18.6 Å². The molecule has 1 rings (SSSR count). The van der Waals surface area contributed by atoms with E-state index >= 15 is 0 Å². The summed E-state index contributed by atoms with van der Waals surface area (Å²) in [6.07, 6.45) is 3.95. The smallest absolute Gasteiger partial charge is 0.329 e. The highest BCUT2D eigenvalue weighted by atomic mass is 16.4. The van der Waals surface area contributed by atoms with Crippen LogP contribution in [0.15, 0.2) is 23.0 Å². The molecular weight excluding hydrogens is 222 g/mol. The molecule has 0 radical (unpaired) electrons. The van der Waals surface area contributed by atoms with Crippen LogP contribution in [0, 0.1) is 0 Å². The van der Waals surface area contributed by atoms with E-state index in [0.29, 0.717) is 6.42 Å². The van der Waals surface area contributed by atoms with Crippen LogP contribution in [-0.2, 0) is 16.0 Å². The molecule has 0 aliphatic heterocycles. The van der Waals surface area contributed by atoms with Gasteiger partial charge >= 0.3 is 5.97 Å². The number of amides is 1. The van der Waals surface area contributed by atoms with Crippen LogP contribution < -0.4 is 0 Å². The van der Waals surface area contributed by atoms with Crippen molar-refractivity contribution in [3.8, 4) is 0 Å². The number of likely N-dealkylation sites (N-methyl/N-ethyl adjacent to an activating group) is 1. The maximum atomic E-state index is 11.8. The molecule has 0 bridgehead atoms. The van der Waals surface area contributed by atoms with Crippen LogP contribution in [0.3, 0.4) is 0 Å². The van der Waals surface area contributed by atoms with Gasteiger partial charge in [-0.2, -0.15) is 0 Å². The van der Waals surface area contributed by atoms with Gasteiger partial charge in [-0.15, -0.1) is 0 Å². The standard InChI is InChI=1S/C12H17NO4/c1-12(2,11(15)16)13(3)10(14)5-4-9-6-7-17-8-9/h6-8H,4-5H2,1-3H3,(H,15,16). The molecular formula is C12H17NO4. The van der Waals surface area contributed by atoms with Crippen molar-refractivity contribution in [1.82, 2.24) is 4.90 Å². The first-order chi connectivity index (χ1) is 7.85.